The maximum atomic E-state index is 12.2. The molecule has 2 aliphatic rings. The Bertz CT molecular complexity index is 367. The van der Waals surface area contributed by atoms with Gasteiger partial charge in [-0.2, -0.15) is 0 Å². The number of rotatable bonds is 4. The predicted molar refractivity (Wildman–Crippen MR) is 79.2 cm³/mol. The first-order valence-electron chi connectivity index (χ1n) is 7.99. The largest absolute Gasteiger partial charge is 0.353 e. The zero-order valence-electron chi connectivity index (χ0n) is 13.1. The van der Waals surface area contributed by atoms with E-state index in [1.807, 2.05) is 4.90 Å². The van der Waals surface area contributed by atoms with Crippen molar-refractivity contribution >= 4 is 11.8 Å². The van der Waals surface area contributed by atoms with Gasteiger partial charge in [-0.25, -0.2) is 0 Å². The molecule has 0 spiro atoms. The fourth-order valence-electron chi connectivity index (χ4n) is 3.05. The Morgan fingerprint density at radius 2 is 1.85 bits per heavy atom. The van der Waals surface area contributed by atoms with Gasteiger partial charge in [0.05, 0.1) is 0 Å². The van der Waals surface area contributed by atoms with Crippen LogP contribution in [0.15, 0.2) is 0 Å². The molecule has 20 heavy (non-hydrogen) atoms. The number of amides is 2. The summed E-state index contributed by atoms with van der Waals surface area (Å²) in [5, 5.41) is 3.18. The van der Waals surface area contributed by atoms with E-state index in [1.165, 1.54) is 6.42 Å². The minimum Gasteiger partial charge on any atom is -0.353 e. The second kappa shape index (κ2) is 6.15. The highest BCUT2D eigenvalue weighted by Crippen LogP contribution is 2.40. The Hall–Kier alpha value is -1.06. The summed E-state index contributed by atoms with van der Waals surface area (Å²) in [7, 11) is 0. The summed E-state index contributed by atoms with van der Waals surface area (Å²) in [6.45, 7) is 7.78. The van der Waals surface area contributed by atoms with Crippen LogP contribution in [0, 0.1) is 11.3 Å². The summed E-state index contributed by atoms with van der Waals surface area (Å²) in [6, 6.07) is 0.253. The highest BCUT2D eigenvalue weighted by atomic mass is 16.2. The third-order valence-electron chi connectivity index (χ3n) is 4.77. The summed E-state index contributed by atoms with van der Waals surface area (Å²) in [4.78, 5) is 26.1. The number of carbonyl (C=O) groups excluding carboxylic acids is 2. The van der Waals surface area contributed by atoms with Crippen molar-refractivity contribution in [3.05, 3.63) is 0 Å². The van der Waals surface area contributed by atoms with Gasteiger partial charge >= 0.3 is 0 Å². The lowest BCUT2D eigenvalue weighted by Crippen LogP contribution is -2.51. The van der Waals surface area contributed by atoms with Crippen LogP contribution in [0.1, 0.15) is 59.3 Å². The normalized spacial score (nSPS) is 22.5. The summed E-state index contributed by atoms with van der Waals surface area (Å²) < 4.78 is 0. The molecule has 1 saturated carbocycles. The van der Waals surface area contributed by atoms with E-state index < -0.39 is 0 Å². The van der Waals surface area contributed by atoms with E-state index in [1.54, 1.807) is 0 Å². The predicted octanol–water partition coefficient (Wildman–Crippen LogP) is 2.33. The van der Waals surface area contributed by atoms with Crippen LogP contribution in [0.2, 0.25) is 0 Å². The first-order valence-corrected chi connectivity index (χ1v) is 7.99. The average Bonchev–Trinajstić information content (AvgIpc) is 2.35. The van der Waals surface area contributed by atoms with E-state index in [-0.39, 0.29) is 23.3 Å². The van der Waals surface area contributed by atoms with Crippen LogP contribution in [0.3, 0.4) is 0 Å². The molecule has 1 saturated heterocycles. The molecular weight excluding hydrogens is 252 g/mol. The quantitative estimate of drug-likeness (QED) is 0.859. The van der Waals surface area contributed by atoms with Gasteiger partial charge in [0, 0.05) is 31.0 Å². The van der Waals surface area contributed by atoms with Crippen molar-refractivity contribution in [2.45, 2.75) is 65.3 Å². The second-order valence-corrected chi connectivity index (χ2v) is 7.14. The lowest BCUT2D eigenvalue weighted by Gasteiger charge is -2.39. The zero-order valence-corrected chi connectivity index (χ0v) is 13.1. The van der Waals surface area contributed by atoms with Crippen molar-refractivity contribution in [2.75, 3.05) is 13.1 Å². The molecular formula is C16H28N2O2. The molecule has 0 radical (unpaired) electrons. The van der Waals surface area contributed by atoms with Crippen molar-refractivity contribution in [1.82, 2.24) is 10.2 Å². The highest BCUT2D eigenvalue weighted by molar-refractivity contribution is 5.83. The van der Waals surface area contributed by atoms with Crippen molar-refractivity contribution in [3.63, 3.8) is 0 Å². The molecule has 2 rings (SSSR count). The summed E-state index contributed by atoms with van der Waals surface area (Å²) in [5.41, 5.74) is -0.120. The van der Waals surface area contributed by atoms with Crippen molar-refractivity contribution in [2.24, 2.45) is 11.3 Å². The SMILES string of the molecule is CC(C)CC(=O)N1CCC(NC(=O)C2(C)CCC2)CC1. The molecule has 0 aromatic rings. The van der Waals surface area contributed by atoms with Crippen LogP contribution < -0.4 is 5.32 Å². The molecule has 2 fully saturated rings. The number of hydrogen-bond acceptors (Lipinski definition) is 2. The van der Waals surface area contributed by atoms with E-state index >= 15 is 0 Å². The smallest absolute Gasteiger partial charge is 0.226 e. The van der Waals surface area contributed by atoms with Crippen LogP contribution in [-0.4, -0.2) is 35.8 Å². The molecule has 114 valence electrons. The number of likely N-dealkylation sites (tertiary alicyclic amines) is 1. The Morgan fingerprint density at radius 3 is 2.30 bits per heavy atom. The molecule has 4 nitrogen and oxygen atoms in total. The van der Waals surface area contributed by atoms with Gasteiger partial charge in [0.15, 0.2) is 0 Å². The first kappa shape index (κ1) is 15.3. The molecule has 2 amide bonds. The van der Waals surface area contributed by atoms with Crippen LogP contribution >= 0.6 is 0 Å². The summed E-state index contributed by atoms with van der Waals surface area (Å²) >= 11 is 0. The van der Waals surface area contributed by atoms with E-state index in [4.69, 9.17) is 0 Å². The molecule has 4 heteroatoms. The molecule has 0 unspecified atom stereocenters. The summed E-state index contributed by atoms with van der Waals surface area (Å²) in [6.07, 6.45) is 5.63. The zero-order chi connectivity index (χ0) is 14.8. The van der Waals surface area contributed by atoms with Gasteiger partial charge in [0.2, 0.25) is 11.8 Å². The molecule has 1 heterocycles. The van der Waals surface area contributed by atoms with Gasteiger partial charge in [-0.3, -0.25) is 9.59 Å². The number of carbonyl (C=O) groups is 2. The van der Waals surface area contributed by atoms with E-state index in [0.717, 1.165) is 38.8 Å². The Balaban J connectivity index is 1.74. The monoisotopic (exact) mass is 280 g/mol. The molecule has 0 atom stereocenters. The second-order valence-electron chi connectivity index (χ2n) is 7.14. The van der Waals surface area contributed by atoms with E-state index in [2.05, 4.69) is 26.1 Å². The van der Waals surface area contributed by atoms with Gasteiger partial charge < -0.3 is 10.2 Å². The topological polar surface area (TPSA) is 49.4 Å². The Morgan fingerprint density at radius 1 is 1.25 bits per heavy atom. The highest BCUT2D eigenvalue weighted by Gasteiger charge is 2.40. The maximum absolute atomic E-state index is 12.2. The molecule has 1 aliphatic heterocycles. The van der Waals surface area contributed by atoms with Gasteiger partial charge in [0.25, 0.3) is 0 Å². The Labute approximate surface area is 122 Å². The van der Waals surface area contributed by atoms with Crippen LogP contribution in [0.5, 0.6) is 0 Å². The van der Waals surface area contributed by atoms with Crippen molar-refractivity contribution in [3.8, 4) is 0 Å². The standard InChI is InChI=1S/C16H28N2O2/c1-12(2)11-14(19)18-9-5-13(6-10-18)17-15(20)16(3)7-4-8-16/h12-13H,4-11H2,1-3H3,(H,17,20). The van der Waals surface area contributed by atoms with E-state index in [9.17, 15) is 9.59 Å². The number of nitrogens with one attached hydrogen (secondary N) is 1. The molecule has 1 N–H and O–H groups in total. The third kappa shape index (κ3) is 3.53. The lowest BCUT2D eigenvalue weighted by molar-refractivity contribution is -0.136. The maximum Gasteiger partial charge on any atom is 0.226 e. The van der Waals surface area contributed by atoms with Gasteiger partial charge in [-0.05, 0) is 31.6 Å². The van der Waals surface area contributed by atoms with Gasteiger partial charge in [-0.1, -0.05) is 27.2 Å². The van der Waals surface area contributed by atoms with Gasteiger partial charge in [-0.15, -0.1) is 0 Å². The molecule has 0 aromatic heterocycles. The average molecular weight is 280 g/mol. The molecule has 0 bridgehead atoms. The fraction of sp³-hybridized carbons (Fsp3) is 0.875. The number of hydrogen-bond donors (Lipinski definition) is 1. The van der Waals surface area contributed by atoms with Crippen LogP contribution in [0.25, 0.3) is 0 Å². The van der Waals surface area contributed by atoms with E-state index in [0.29, 0.717) is 12.3 Å². The minimum absolute atomic E-state index is 0.120. The van der Waals surface area contributed by atoms with Crippen LogP contribution in [0.4, 0.5) is 0 Å². The molecule has 1 aliphatic carbocycles. The van der Waals surface area contributed by atoms with Crippen molar-refractivity contribution in [1.29, 1.82) is 0 Å². The minimum atomic E-state index is -0.120. The lowest BCUT2D eigenvalue weighted by atomic mass is 9.69. The van der Waals surface area contributed by atoms with Gasteiger partial charge in [0.1, 0.15) is 0 Å². The first-order chi connectivity index (χ1) is 9.40. The van der Waals surface area contributed by atoms with Crippen molar-refractivity contribution < 1.29 is 9.59 Å². The molecule has 0 aromatic carbocycles. The summed E-state index contributed by atoms with van der Waals surface area (Å²) in [5.74, 6) is 0.893. The number of piperidine rings is 1. The van der Waals surface area contributed by atoms with Crippen LogP contribution in [-0.2, 0) is 9.59 Å². The Kier molecular flexibility index (Phi) is 4.71. The third-order valence-corrected chi connectivity index (χ3v) is 4.77. The number of nitrogens with zero attached hydrogens (tertiary/aromatic N) is 1. The fourth-order valence-corrected chi connectivity index (χ4v) is 3.05.